The number of nitrogens with one attached hydrogen (secondary N) is 1. The first-order valence-electron chi connectivity index (χ1n) is 8.56. The van der Waals surface area contributed by atoms with Crippen molar-refractivity contribution in [3.05, 3.63) is 64.0 Å². The average molecular weight is 383 g/mol. The Hall–Kier alpha value is -2.11. The van der Waals surface area contributed by atoms with Crippen molar-refractivity contribution < 1.29 is 4.79 Å². The summed E-state index contributed by atoms with van der Waals surface area (Å²) in [6.45, 7) is 8.41. The average Bonchev–Trinajstić information content (AvgIpc) is 3.03. The highest BCUT2D eigenvalue weighted by Gasteiger charge is 2.13. The van der Waals surface area contributed by atoms with Crippen LogP contribution in [-0.4, -0.2) is 16.6 Å². The Kier molecular flexibility index (Phi) is 5.79. The van der Waals surface area contributed by atoms with Gasteiger partial charge >= 0.3 is 0 Å². The molecule has 26 heavy (non-hydrogen) atoms. The molecule has 1 heterocycles. The van der Waals surface area contributed by atoms with Crippen molar-refractivity contribution in [1.82, 2.24) is 4.98 Å². The third-order valence-electron chi connectivity index (χ3n) is 4.09. The van der Waals surface area contributed by atoms with Crippen LogP contribution in [0.3, 0.4) is 0 Å². The number of carbonyl (C=O) groups excluding carboxylic acids is 1. The maximum atomic E-state index is 12.5. The molecule has 3 aromatic rings. The summed E-state index contributed by atoms with van der Waals surface area (Å²) in [5, 5.41) is 5.53. The molecule has 2 aromatic carbocycles. The maximum Gasteiger partial charge on any atom is 0.257 e. The van der Waals surface area contributed by atoms with Crippen molar-refractivity contribution in [2.24, 2.45) is 0 Å². The zero-order valence-corrected chi connectivity index (χ0v) is 17.1. The molecular weight excluding hydrogens is 360 g/mol. The Labute approximate surface area is 162 Å². The number of hydrogen-bond donors (Lipinski definition) is 1. The molecule has 0 saturated carbocycles. The number of thioether (sulfide) groups is 1. The number of nitrogens with zero attached hydrogens (tertiary/aromatic N) is 1. The summed E-state index contributed by atoms with van der Waals surface area (Å²) in [6, 6.07) is 12.0. The molecule has 1 aromatic heterocycles. The minimum Gasteiger partial charge on any atom is -0.298 e. The first kappa shape index (κ1) is 18.7. The molecule has 5 heteroatoms. The molecule has 0 unspecified atom stereocenters. The summed E-state index contributed by atoms with van der Waals surface area (Å²) < 4.78 is 0. The van der Waals surface area contributed by atoms with E-state index >= 15 is 0 Å². The monoisotopic (exact) mass is 382 g/mol. The molecule has 0 aliphatic rings. The molecular formula is C21H22N2OS2. The van der Waals surface area contributed by atoms with E-state index in [1.165, 1.54) is 32.9 Å². The number of aromatic nitrogens is 1. The largest absolute Gasteiger partial charge is 0.298 e. The third-order valence-corrected chi connectivity index (χ3v) is 5.74. The second-order valence-electron chi connectivity index (χ2n) is 6.22. The summed E-state index contributed by atoms with van der Waals surface area (Å²) >= 11 is 3.22. The molecule has 0 atom stereocenters. The van der Waals surface area contributed by atoms with Gasteiger partial charge in [-0.05, 0) is 61.9 Å². The fraction of sp³-hybridized carbons (Fsp3) is 0.238. The highest BCUT2D eigenvalue weighted by molar-refractivity contribution is 7.99. The van der Waals surface area contributed by atoms with Gasteiger partial charge in [0.15, 0.2) is 5.13 Å². The smallest absolute Gasteiger partial charge is 0.257 e. The van der Waals surface area contributed by atoms with Gasteiger partial charge in [0.05, 0.1) is 5.69 Å². The molecule has 1 N–H and O–H groups in total. The molecule has 3 rings (SSSR count). The van der Waals surface area contributed by atoms with E-state index in [1.807, 2.05) is 29.6 Å². The first-order chi connectivity index (χ1) is 12.5. The van der Waals surface area contributed by atoms with E-state index in [1.54, 1.807) is 11.8 Å². The number of amides is 1. The number of rotatable bonds is 5. The standard InChI is InChI=1S/C21H22N2OS2/c1-5-25-17-8-6-16(7-9-17)20(24)23-21-22-18(12-26-21)19-14(3)10-13(2)11-15(19)4/h6-12H,5H2,1-4H3,(H,22,23,24). The minimum absolute atomic E-state index is 0.128. The number of aryl methyl sites for hydroxylation is 3. The number of carbonyl (C=O) groups is 1. The Balaban J connectivity index is 1.77. The van der Waals surface area contributed by atoms with Crippen LogP contribution >= 0.6 is 23.1 Å². The Morgan fingerprint density at radius 2 is 1.77 bits per heavy atom. The van der Waals surface area contributed by atoms with Gasteiger partial charge in [-0.2, -0.15) is 0 Å². The first-order valence-corrected chi connectivity index (χ1v) is 10.4. The van der Waals surface area contributed by atoms with E-state index < -0.39 is 0 Å². The van der Waals surface area contributed by atoms with Gasteiger partial charge < -0.3 is 0 Å². The predicted octanol–water partition coefficient (Wildman–Crippen LogP) is 6.10. The van der Waals surface area contributed by atoms with Crippen molar-refractivity contribution >= 4 is 34.1 Å². The van der Waals surface area contributed by atoms with E-state index in [4.69, 9.17) is 0 Å². The lowest BCUT2D eigenvalue weighted by Crippen LogP contribution is -2.11. The molecule has 0 saturated heterocycles. The van der Waals surface area contributed by atoms with Crippen LogP contribution in [0.2, 0.25) is 0 Å². The lowest BCUT2D eigenvalue weighted by Gasteiger charge is -2.08. The number of hydrogen-bond acceptors (Lipinski definition) is 4. The Bertz CT molecular complexity index is 906. The topological polar surface area (TPSA) is 42.0 Å². The number of benzene rings is 2. The summed E-state index contributed by atoms with van der Waals surface area (Å²) in [5.41, 5.74) is 6.36. The van der Waals surface area contributed by atoms with Crippen LogP contribution in [0, 0.1) is 20.8 Å². The van der Waals surface area contributed by atoms with Crippen molar-refractivity contribution in [1.29, 1.82) is 0 Å². The lowest BCUT2D eigenvalue weighted by molar-refractivity contribution is 0.102. The van der Waals surface area contributed by atoms with Gasteiger partial charge in [0.1, 0.15) is 0 Å². The highest BCUT2D eigenvalue weighted by atomic mass is 32.2. The van der Waals surface area contributed by atoms with Gasteiger partial charge in [-0.25, -0.2) is 4.98 Å². The fourth-order valence-corrected chi connectivity index (χ4v) is 4.43. The second-order valence-corrected chi connectivity index (χ2v) is 8.42. The van der Waals surface area contributed by atoms with Gasteiger partial charge in [0.2, 0.25) is 0 Å². The summed E-state index contributed by atoms with van der Waals surface area (Å²) in [7, 11) is 0. The molecule has 0 spiro atoms. The fourth-order valence-electron chi connectivity index (χ4n) is 3.07. The van der Waals surface area contributed by atoms with Gasteiger partial charge in [-0.3, -0.25) is 10.1 Å². The normalized spacial score (nSPS) is 10.8. The van der Waals surface area contributed by atoms with Crippen LogP contribution in [0.5, 0.6) is 0 Å². The zero-order chi connectivity index (χ0) is 18.7. The van der Waals surface area contributed by atoms with Crippen LogP contribution in [0.15, 0.2) is 46.7 Å². The molecule has 3 nitrogen and oxygen atoms in total. The van der Waals surface area contributed by atoms with Crippen molar-refractivity contribution in [2.45, 2.75) is 32.6 Å². The van der Waals surface area contributed by atoms with E-state index in [-0.39, 0.29) is 5.91 Å². The van der Waals surface area contributed by atoms with Crippen LogP contribution in [0.25, 0.3) is 11.3 Å². The summed E-state index contributed by atoms with van der Waals surface area (Å²) in [5.74, 6) is 0.891. The summed E-state index contributed by atoms with van der Waals surface area (Å²) in [6.07, 6.45) is 0. The van der Waals surface area contributed by atoms with Gasteiger partial charge in [0.25, 0.3) is 5.91 Å². The van der Waals surface area contributed by atoms with E-state index in [2.05, 4.69) is 50.1 Å². The zero-order valence-electron chi connectivity index (χ0n) is 15.4. The molecule has 0 radical (unpaired) electrons. The molecule has 0 bridgehead atoms. The Morgan fingerprint density at radius 3 is 2.38 bits per heavy atom. The maximum absolute atomic E-state index is 12.5. The number of thiazole rings is 1. The molecule has 0 aliphatic heterocycles. The highest BCUT2D eigenvalue weighted by Crippen LogP contribution is 2.31. The number of anilines is 1. The molecule has 0 aliphatic carbocycles. The van der Waals surface area contributed by atoms with Gasteiger partial charge in [0, 0.05) is 21.4 Å². The van der Waals surface area contributed by atoms with Gasteiger partial charge in [-0.15, -0.1) is 23.1 Å². The summed E-state index contributed by atoms with van der Waals surface area (Å²) in [4.78, 5) is 18.3. The van der Waals surface area contributed by atoms with Crippen LogP contribution < -0.4 is 5.32 Å². The third kappa shape index (κ3) is 4.17. The van der Waals surface area contributed by atoms with Crippen molar-refractivity contribution in [3.8, 4) is 11.3 Å². The molecule has 0 fully saturated rings. The predicted molar refractivity (Wildman–Crippen MR) is 113 cm³/mol. The lowest BCUT2D eigenvalue weighted by atomic mass is 9.98. The van der Waals surface area contributed by atoms with Crippen LogP contribution in [0.1, 0.15) is 34.0 Å². The molecule has 134 valence electrons. The van der Waals surface area contributed by atoms with Gasteiger partial charge in [-0.1, -0.05) is 24.6 Å². The van der Waals surface area contributed by atoms with Crippen molar-refractivity contribution in [2.75, 3.05) is 11.1 Å². The molecule has 1 amide bonds. The second kappa shape index (κ2) is 8.06. The SMILES string of the molecule is CCSc1ccc(C(=O)Nc2nc(-c3c(C)cc(C)cc3C)cs2)cc1. The quantitative estimate of drug-likeness (QED) is 0.542. The van der Waals surface area contributed by atoms with Crippen LogP contribution in [-0.2, 0) is 0 Å². The van der Waals surface area contributed by atoms with Crippen LogP contribution in [0.4, 0.5) is 5.13 Å². The Morgan fingerprint density at radius 1 is 1.12 bits per heavy atom. The van der Waals surface area contributed by atoms with E-state index in [0.29, 0.717) is 10.7 Å². The van der Waals surface area contributed by atoms with Crippen molar-refractivity contribution in [3.63, 3.8) is 0 Å². The van der Waals surface area contributed by atoms with E-state index in [0.717, 1.165) is 17.0 Å². The van der Waals surface area contributed by atoms with E-state index in [9.17, 15) is 4.79 Å². The minimum atomic E-state index is -0.128.